The van der Waals surface area contributed by atoms with Crippen molar-refractivity contribution >= 4 is 23.0 Å². The maximum Gasteiger partial charge on any atom is 0.173 e. The van der Waals surface area contributed by atoms with E-state index in [2.05, 4.69) is 11.4 Å². The Balaban J connectivity index is 1.99. The van der Waals surface area contributed by atoms with Crippen molar-refractivity contribution in [1.29, 1.82) is 5.26 Å². The van der Waals surface area contributed by atoms with Crippen molar-refractivity contribution < 1.29 is 0 Å². The molecule has 0 saturated carbocycles. The Bertz CT molecular complexity index is 632. The van der Waals surface area contributed by atoms with Crippen LogP contribution in [0.3, 0.4) is 0 Å². The van der Waals surface area contributed by atoms with Gasteiger partial charge in [0.2, 0.25) is 0 Å². The molecule has 1 N–H and O–H groups in total. The van der Waals surface area contributed by atoms with E-state index in [9.17, 15) is 0 Å². The summed E-state index contributed by atoms with van der Waals surface area (Å²) in [4.78, 5) is 1.94. The number of nitrogens with one attached hydrogen (secondary N) is 1. The fraction of sp³-hybridized carbons (Fsp3) is 0.125. The maximum atomic E-state index is 8.90. The highest BCUT2D eigenvalue weighted by Gasteiger charge is 2.06. The lowest BCUT2D eigenvalue weighted by molar-refractivity contribution is 0.508. The predicted molar refractivity (Wildman–Crippen MR) is 85.3 cm³/mol. The minimum absolute atomic E-state index is 0.651. The van der Waals surface area contributed by atoms with Gasteiger partial charge < -0.3 is 10.2 Å². The number of thiocarbonyl (C=S) groups is 1. The molecule has 0 heterocycles. The number of rotatable bonds is 3. The first-order valence-electron chi connectivity index (χ1n) is 6.25. The third-order valence-electron chi connectivity index (χ3n) is 2.85. The average Bonchev–Trinajstić information content (AvgIpc) is 2.48. The number of anilines is 1. The van der Waals surface area contributed by atoms with Crippen LogP contribution in [0.4, 0.5) is 5.69 Å². The van der Waals surface area contributed by atoms with Crippen LogP contribution in [0.5, 0.6) is 0 Å². The van der Waals surface area contributed by atoms with Gasteiger partial charge in [0.25, 0.3) is 0 Å². The molecular weight excluding hydrogens is 266 g/mol. The van der Waals surface area contributed by atoms with E-state index in [4.69, 9.17) is 17.5 Å². The number of nitriles is 1. The van der Waals surface area contributed by atoms with Crippen LogP contribution in [0.2, 0.25) is 0 Å². The topological polar surface area (TPSA) is 39.1 Å². The van der Waals surface area contributed by atoms with Crippen molar-refractivity contribution in [3.05, 3.63) is 65.7 Å². The third-order valence-corrected chi connectivity index (χ3v) is 3.26. The SMILES string of the molecule is CN(Cc1cccc(C#N)c1)C(=S)Nc1ccccc1. The Labute approximate surface area is 124 Å². The van der Waals surface area contributed by atoms with Gasteiger partial charge in [-0.1, -0.05) is 30.3 Å². The van der Waals surface area contributed by atoms with Gasteiger partial charge in [-0.05, 0) is 42.0 Å². The van der Waals surface area contributed by atoms with E-state index in [0.717, 1.165) is 11.3 Å². The van der Waals surface area contributed by atoms with Crippen molar-refractivity contribution in [3.8, 4) is 6.07 Å². The van der Waals surface area contributed by atoms with E-state index in [1.165, 1.54) is 0 Å². The minimum atomic E-state index is 0.651. The first kappa shape index (κ1) is 14.0. The van der Waals surface area contributed by atoms with Gasteiger partial charge in [0.1, 0.15) is 0 Å². The zero-order valence-corrected chi connectivity index (χ0v) is 12.0. The summed E-state index contributed by atoms with van der Waals surface area (Å²) in [6.07, 6.45) is 0. The molecule has 0 saturated heterocycles. The van der Waals surface area contributed by atoms with Crippen molar-refractivity contribution in [3.63, 3.8) is 0 Å². The molecular formula is C16H15N3S. The molecule has 0 fully saturated rings. The minimum Gasteiger partial charge on any atom is -0.348 e. The molecule has 0 radical (unpaired) electrons. The normalized spacial score (nSPS) is 9.60. The van der Waals surface area contributed by atoms with Crippen molar-refractivity contribution in [2.75, 3.05) is 12.4 Å². The lowest BCUT2D eigenvalue weighted by Crippen LogP contribution is -2.30. The molecule has 2 aromatic rings. The molecule has 100 valence electrons. The van der Waals surface area contributed by atoms with E-state index in [1.54, 1.807) is 6.07 Å². The van der Waals surface area contributed by atoms with Crippen molar-refractivity contribution in [2.45, 2.75) is 6.54 Å². The first-order valence-corrected chi connectivity index (χ1v) is 6.66. The lowest BCUT2D eigenvalue weighted by Gasteiger charge is -2.21. The number of hydrogen-bond donors (Lipinski definition) is 1. The fourth-order valence-corrected chi connectivity index (χ4v) is 2.01. The Kier molecular flexibility index (Phi) is 4.70. The van der Waals surface area contributed by atoms with Gasteiger partial charge in [0, 0.05) is 19.3 Å². The van der Waals surface area contributed by atoms with Crippen molar-refractivity contribution in [2.24, 2.45) is 0 Å². The average molecular weight is 281 g/mol. The van der Waals surface area contributed by atoms with Gasteiger partial charge >= 0.3 is 0 Å². The summed E-state index contributed by atoms with van der Waals surface area (Å²) in [5.41, 5.74) is 2.69. The standard InChI is InChI=1S/C16H15N3S/c1-19(12-14-7-5-6-13(10-14)11-17)16(20)18-15-8-3-2-4-9-15/h2-10H,12H2,1H3,(H,18,20). The van der Waals surface area contributed by atoms with E-state index >= 15 is 0 Å². The van der Waals surface area contributed by atoms with Crippen LogP contribution in [-0.4, -0.2) is 17.1 Å². The van der Waals surface area contributed by atoms with Crippen molar-refractivity contribution in [1.82, 2.24) is 4.90 Å². The number of para-hydroxylation sites is 1. The Morgan fingerprint density at radius 1 is 1.20 bits per heavy atom. The zero-order valence-electron chi connectivity index (χ0n) is 11.2. The summed E-state index contributed by atoms with van der Waals surface area (Å²) in [5, 5.41) is 12.7. The van der Waals surface area contributed by atoms with Gasteiger partial charge in [-0.3, -0.25) is 0 Å². The highest BCUT2D eigenvalue weighted by atomic mass is 32.1. The second-order valence-corrected chi connectivity index (χ2v) is 4.85. The molecule has 0 spiro atoms. The number of hydrogen-bond acceptors (Lipinski definition) is 2. The summed E-state index contributed by atoms with van der Waals surface area (Å²) in [6.45, 7) is 0.661. The third kappa shape index (κ3) is 3.81. The summed E-state index contributed by atoms with van der Waals surface area (Å²) in [7, 11) is 1.93. The van der Waals surface area contributed by atoms with E-state index in [-0.39, 0.29) is 0 Å². The molecule has 0 unspecified atom stereocenters. The molecule has 2 rings (SSSR count). The van der Waals surface area contributed by atoms with Crippen LogP contribution in [-0.2, 0) is 6.54 Å². The molecule has 20 heavy (non-hydrogen) atoms. The second-order valence-electron chi connectivity index (χ2n) is 4.46. The van der Waals surface area contributed by atoms with Crippen LogP contribution in [0.25, 0.3) is 0 Å². The smallest absolute Gasteiger partial charge is 0.173 e. The Morgan fingerprint density at radius 2 is 1.95 bits per heavy atom. The molecule has 0 aromatic heterocycles. The molecule has 0 aliphatic rings. The largest absolute Gasteiger partial charge is 0.348 e. The van der Waals surface area contributed by atoms with Gasteiger partial charge in [0.05, 0.1) is 11.6 Å². The van der Waals surface area contributed by atoms with Gasteiger partial charge in [-0.25, -0.2) is 0 Å². The summed E-state index contributed by atoms with van der Waals surface area (Å²) in [5.74, 6) is 0. The van der Waals surface area contributed by atoms with Gasteiger partial charge in [0.15, 0.2) is 5.11 Å². The highest BCUT2D eigenvalue weighted by Crippen LogP contribution is 2.10. The second kappa shape index (κ2) is 6.69. The fourth-order valence-electron chi connectivity index (χ4n) is 1.83. The first-order chi connectivity index (χ1) is 9.69. The number of nitrogens with zero attached hydrogens (tertiary/aromatic N) is 2. The molecule has 4 heteroatoms. The van der Waals surface area contributed by atoms with Crippen LogP contribution in [0.1, 0.15) is 11.1 Å². The predicted octanol–water partition coefficient (Wildman–Crippen LogP) is 3.39. The van der Waals surface area contributed by atoms with Crippen LogP contribution in [0.15, 0.2) is 54.6 Å². The molecule has 0 amide bonds. The van der Waals surface area contributed by atoms with Gasteiger partial charge in [-0.2, -0.15) is 5.26 Å². The quantitative estimate of drug-likeness (QED) is 0.875. The van der Waals surface area contributed by atoms with Crippen LogP contribution in [0, 0.1) is 11.3 Å². The van der Waals surface area contributed by atoms with E-state index < -0.39 is 0 Å². The molecule has 0 atom stereocenters. The monoisotopic (exact) mass is 281 g/mol. The van der Waals surface area contributed by atoms with Crippen LogP contribution < -0.4 is 5.32 Å². The van der Waals surface area contributed by atoms with E-state index in [1.807, 2.05) is 60.5 Å². The summed E-state index contributed by atoms with van der Waals surface area (Å²) < 4.78 is 0. The molecule has 2 aromatic carbocycles. The van der Waals surface area contributed by atoms with Gasteiger partial charge in [-0.15, -0.1) is 0 Å². The van der Waals surface area contributed by atoms with Crippen LogP contribution >= 0.6 is 12.2 Å². The Hall–Kier alpha value is -2.38. The molecule has 0 aliphatic heterocycles. The maximum absolute atomic E-state index is 8.90. The number of benzene rings is 2. The summed E-state index contributed by atoms with van der Waals surface area (Å²) in [6, 6.07) is 19.5. The Morgan fingerprint density at radius 3 is 2.65 bits per heavy atom. The molecule has 0 bridgehead atoms. The molecule has 0 aliphatic carbocycles. The summed E-state index contributed by atoms with van der Waals surface area (Å²) >= 11 is 5.37. The van der Waals surface area contributed by atoms with E-state index in [0.29, 0.717) is 17.2 Å². The molecule has 3 nitrogen and oxygen atoms in total. The highest BCUT2D eigenvalue weighted by molar-refractivity contribution is 7.80. The lowest BCUT2D eigenvalue weighted by atomic mass is 10.1. The zero-order chi connectivity index (χ0) is 14.4.